The van der Waals surface area contributed by atoms with Crippen LogP contribution in [0.1, 0.15) is 50.3 Å². The summed E-state index contributed by atoms with van der Waals surface area (Å²) in [6.45, 7) is 5.86. The molecule has 4 N–H and O–H groups in total. The Morgan fingerprint density at radius 2 is 1.29 bits per heavy atom. The van der Waals surface area contributed by atoms with E-state index in [9.17, 15) is 33.6 Å². The molecule has 56 heavy (non-hydrogen) atoms. The molecule has 0 atom stereocenters. The third kappa shape index (κ3) is 14.1. The zero-order valence-corrected chi connectivity index (χ0v) is 32.7. The number of Topliss-reactive ketones (excluding diaryl/α,β-unsaturated/α-hetero) is 1. The van der Waals surface area contributed by atoms with Crippen molar-refractivity contribution in [2.75, 3.05) is 60.7 Å². The number of aromatic nitrogens is 2. The van der Waals surface area contributed by atoms with E-state index in [1.807, 2.05) is 31.2 Å². The second kappa shape index (κ2) is 20.8. The number of carbonyl (C=O) groups excluding carboxylic acids is 7. The van der Waals surface area contributed by atoms with Crippen molar-refractivity contribution in [2.45, 2.75) is 46.3 Å². The highest BCUT2D eigenvalue weighted by atomic mass is 16.6. The number of rotatable bonds is 17. The summed E-state index contributed by atoms with van der Waals surface area (Å²) in [6, 6.07) is 14.5. The Kier molecular flexibility index (Phi) is 16.4. The third-order valence-electron chi connectivity index (χ3n) is 7.91. The number of benzene rings is 2. The summed E-state index contributed by atoms with van der Waals surface area (Å²) in [4.78, 5) is 98.1. The summed E-state index contributed by atoms with van der Waals surface area (Å²) in [5, 5.41) is 7.16. The molecule has 0 saturated heterocycles. The van der Waals surface area contributed by atoms with Gasteiger partial charge in [-0.05, 0) is 43.9 Å². The Bertz CT molecular complexity index is 1840. The second-order valence-corrected chi connectivity index (χ2v) is 13.5. The van der Waals surface area contributed by atoms with Crippen molar-refractivity contribution in [1.82, 2.24) is 40.6 Å². The van der Waals surface area contributed by atoms with Crippen LogP contribution in [0.5, 0.6) is 0 Å². The minimum absolute atomic E-state index is 0.187. The summed E-state index contributed by atoms with van der Waals surface area (Å²) < 4.78 is 14.3. The molecule has 1 aromatic heterocycles. The number of nitrogens with zero attached hydrogens (tertiary/aromatic N) is 4. The van der Waals surface area contributed by atoms with Gasteiger partial charge in [-0.1, -0.05) is 55.5 Å². The number of ether oxygens (including phenoxy) is 3. The molecule has 6 amide bonds. The third-order valence-corrected chi connectivity index (χ3v) is 7.91. The summed E-state index contributed by atoms with van der Waals surface area (Å²) in [6.07, 6.45) is 0.150. The first-order valence-electron chi connectivity index (χ1n) is 17.7. The van der Waals surface area contributed by atoms with Crippen LogP contribution in [0.15, 0.2) is 54.7 Å². The quantitative estimate of drug-likeness (QED) is 0.0886. The van der Waals surface area contributed by atoms with Gasteiger partial charge in [-0.2, -0.15) is 0 Å². The van der Waals surface area contributed by atoms with Gasteiger partial charge >= 0.3 is 18.3 Å². The molecule has 0 aliphatic rings. The number of nitrogens with one attached hydrogen (secondary N) is 4. The Morgan fingerprint density at radius 1 is 0.750 bits per heavy atom. The molecule has 0 fully saturated rings. The minimum Gasteiger partial charge on any atom is -0.453 e. The SMILES string of the molecule is CCCN(Cc1ncc(-c2ccc(-c3ccc(C(=O)CNC(=O)CN(CN(C)C(=O)OC(C)(C)C)C(=O)CNC(=O)OC)cc3)cc2)[nH]1)C(=O)CNC(=O)OC. The maximum atomic E-state index is 13.0. The molecule has 0 aliphatic carbocycles. The van der Waals surface area contributed by atoms with Gasteiger partial charge in [0, 0.05) is 19.2 Å². The van der Waals surface area contributed by atoms with Crippen LogP contribution in [0, 0.1) is 0 Å². The lowest BCUT2D eigenvalue weighted by atomic mass is 10.0. The van der Waals surface area contributed by atoms with Gasteiger partial charge < -0.3 is 44.9 Å². The van der Waals surface area contributed by atoms with Crippen molar-refractivity contribution in [3.8, 4) is 22.4 Å². The largest absolute Gasteiger partial charge is 0.453 e. The van der Waals surface area contributed by atoms with E-state index in [-0.39, 0.29) is 38.0 Å². The first kappa shape index (κ1) is 43.9. The number of carbonyl (C=O) groups is 7. The average molecular weight is 779 g/mol. The van der Waals surface area contributed by atoms with Gasteiger partial charge in [0.05, 0.1) is 45.9 Å². The highest BCUT2D eigenvalue weighted by molar-refractivity contribution is 6.00. The lowest BCUT2D eigenvalue weighted by Gasteiger charge is -2.29. The maximum Gasteiger partial charge on any atom is 0.411 e. The molecule has 1 heterocycles. The topological polar surface area (TPSA) is 222 Å². The average Bonchev–Trinajstić information content (AvgIpc) is 3.65. The van der Waals surface area contributed by atoms with Gasteiger partial charge in [0.25, 0.3) is 0 Å². The fourth-order valence-electron chi connectivity index (χ4n) is 5.07. The minimum atomic E-state index is -0.851. The maximum absolute atomic E-state index is 13.0. The highest BCUT2D eigenvalue weighted by Gasteiger charge is 2.25. The van der Waals surface area contributed by atoms with Crippen LogP contribution in [-0.2, 0) is 35.1 Å². The van der Waals surface area contributed by atoms with Crippen molar-refractivity contribution in [1.29, 1.82) is 0 Å². The molecule has 0 radical (unpaired) electrons. The van der Waals surface area contributed by atoms with Gasteiger partial charge in [0.15, 0.2) is 5.78 Å². The lowest BCUT2D eigenvalue weighted by molar-refractivity contribution is -0.136. The molecule has 0 saturated carbocycles. The van der Waals surface area contributed by atoms with Gasteiger partial charge in [-0.25, -0.2) is 19.4 Å². The highest BCUT2D eigenvalue weighted by Crippen LogP contribution is 2.25. The molecule has 0 bridgehead atoms. The number of ketones is 1. The Hall–Kier alpha value is -6.46. The van der Waals surface area contributed by atoms with Gasteiger partial charge in [0.2, 0.25) is 17.7 Å². The summed E-state index contributed by atoms with van der Waals surface area (Å²) in [5.41, 5.74) is 2.92. The zero-order valence-electron chi connectivity index (χ0n) is 32.7. The molecular formula is C38H50N8O10. The van der Waals surface area contributed by atoms with Crippen molar-refractivity contribution >= 4 is 41.8 Å². The van der Waals surface area contributed by atoms with Crippen LogP contribution in [0.2, 0.25) is 0 Å². The van der Waals surface area contributed by atoms with Gasteiger partial charge in [-0.15, -0.1) is 0 Å². The van der Waals surface area contributed by atoms with E-state index >= 15 is 0 Å². The molecule has 0 spiro atoms. The lowest BCUT2D eigenvalue weighted by Crippen LogP contribution is -2.50. The molecule has 0 aliphatic heterocycles. The zero-order chi connectivity index (χ0) is 41.4. The van der Waals surface area contributed by atoms with E-state index in [1.54, 1.807) is 56.1 Å². The van der Waals surface area contributed by atoms with Crippen LogP contribution >= 0.6 is 0 Å². The number of aromatic amines is 1. The number of methoxy groups -OCH3 is 2. The number of imidazole rings is 1. The predicted molar refractivity (Wildman–Crippen MR) is 204 cm³/mol. The number of alkyl carbamates (subject to hydrolysis) is 2. The number of amides is 6. The van der Waals surface area contributed by atoms with Crippen molar-refractivity contribution in [3.05, 3.63) is 66.1 Å². The molecule has 302 valence electrons. The van der Waals surface area contributed by atoms with Gasteiger partial charge in [-0.3, -0.25) is 24.1 Å². The van der Waals surface area contributed by atoms with Crippen molar-refractivity contribution < 1.29 is 47.8 Å². The monoisotopic (exact) mass is 778 g/mol. The van der Waals surface area contributed by atoms with Crippen LogP contribution in [0.3, 0.4) is 0 Å². The summed E-state index contributed by atoms with van der Waals surface area (Å²) >= 11 is 0. The Balaban J connectivity index is 1.58. The summed E-state index contributed by atoms with van der Waals surface area (Å²) in [7, 11) is 3.75. The standard InChI is InChI=1S/C38H50N8O10/c1-8-17-45(33(49)20-41-35(51)54-6)22-31-39-18-29(43-31)27-13-9-25(10-14-27)26-11-15-28(16-12-26)30(47)19-40-32(48)23-46(34(50)21-42-36(52)55-7)24-44(5)37(53)56-38(2,3)4/h9-16,18H,8,17,19-24H2,1-7H3,(H,39,43)(H,40,48)(H,41,51)(H,42,52). The first-order valence-corrected chi connectivity index (χ1v) is 17.7. The van der Waals surface area contributed by atoms with Crippen LogP contribution in [-0.4, -0.2) is 133 Å². The molecule has 18 heteroatoms. The smallest absolute Gasteiger partial charge is 0.411 e. The van der Waals surface area contributed by atoms with E-state index in [0.717, 1.165) is 45.7 Å². The summed E-state index contributed by atoms with van der Waals surface area (Å²) in [5.74, 6) is -1.39. The van der Waals surface area contributed by atoms with Crippen LogP contribution < -0.4 is 16.0 Å². The fourth-order valence-corrected chi connectivity index (χ4v) is 5.07. The molecular weight excluding hydrogens is 728 g/mol. The van der Waals surface area contributed by atoms with E-state index in [0.29, 0.717) is 17.9 Å². The number of hydrogen-bond acceptors (Lipinski definition) is 11. The fraction of sp³-hybridized carbons (Fsp3) is 0.421. The van der Waals surface area contributed by atoms with E-state index in [4.69, 9.17) is 4.74 Å². The van der Waals surface area contributed by atoms with E-state index in [2.05, 4.69) is 35.4 Å². The molecule has 18 nitrogen and oxygen atoms in total. The Morgan fingerprint density at radius 3 is 1.82 bits per heavy atom. The normalized spacial score (nSPS) is 10.8. The van der Waals surface area contributed by atoms with Crippen LogP contribution in [0.25, 0.3) is 22.4 Å². The number of hydrogen-bond donors (Lipinski definition) is 4. The van der Waals surface area contributed by atoms with E-state index in [1.165, 1.54) is 14.2 Å². The molecule has 2 aromatic carbocycles. The predicted octanol–water partition coefficient (Wildman–Crippen LogP) is 3.15. The molecule has 0 unspecified atom stereocenters. The molecule has 3 rings (SSSR count). The first-order chi connectivity index (χ1) is 26.5. The van der Waals surface area contributed by atoms with Crippen LogP contribution in [0.4, 0.5) is 14.4 Å². The molecule has 3 aromatic rings. The van der Waals surface area contributed by atoms with Crippen molar-refractivity contribution in [3.63, 3.8) is 0 Å². The van der Waals surface area contributed by atoms with Crippen molar-refractivity contribution in [2.24, 2.45) is 0 Å². The van der Waals surface area contributed by atoms with E-state index < -0.39 is 48.8 Å². The van der Waals surface area contributed by atoms with Gasteiger partial charge in [0.1, 0.15) is 31.1 Å². The second-order valence-electron chi connectivity index (χ2n) is 13.5. The number of H-pyrrole nitrogens is 1. The Labute approximate surface area is 325 Å².